The molecule has 0 aliphatic carbocycles. The number of carboxylic acids is 1. The Morgan fingerprint density at radius 1 is 1.70 bits per heavy atom. The van der Waals surface area contributed by atoms with E-state index >= 15 is 0 Å². The summed E-state index contributed by atoms with van der Waals surface area (Å²) >= 11 is 1.27. The Morgan fingerprint density at radius 3 is 2.80 bits per heavy atom. The third-order valence-corrected chi connectivity index (χ3v) is 2.05. The number of carbonyl (C=O) groups is 1. The van der Waals surface area contributed by atoms with Gasteiger partial charge in [-0.2, -0.15) is 0 Å². The first-order valence-electron chi connectivity index (χ1n) is 2.64. The molecule has 1 aromatic rings. The molecule has 0 aliphatic heterocycles. The van der Waals surface area contributed by atoms with Gasteiger partial charge in [0.25, 0.3) is 0 Å². The van der Waals surface area contributed by atoms with Gasteiger partial charge in [0.15, 0.2) is 0 Å². The topological polar surface area (TPSA) is 50.2 Å². The van der Waals surface area contributed by atoms with Gasteiger partial charge in [-0.05, 0) is 0 Å². The van der Waals surface area contributed by atoms with Gasteiger partial charge in [0.1, 0.15) is 0 Å². The van der Waals surface area contributed by atoms with Crippen LogP contribution in [0.5, 0.6) is 0 Å². The van der Waals surface area contributed by atoms with Gasteiger partial charge in [0.2, 0.25) is 0 Å². The van der Waals surface area contributed by atoms with Gasteiger partial charge in [0.05, 0.1) is 0 Å². The quantitative estimate of drug-likeness (QED) is 0.592. The van der Waals surface area contributed by atoms with Crippen molar-refractivity contribution < 1.29 is 9.90 Å². The second-order valence-electron chi connectivity index (χ2n) is 1.77. The van der Waals surface area contributed by atoms with Crippen LogP contribution in [0.3, 0.4) is 0 Å². The molecule has 0 spiro atoms. The monoisotopic (exact) mass is 199 g/mol. The predicted octanol–water partition coefficient (Wildman–Crippen LogP) is -0.962. The number of pyridine rings is 1. The van der Waals surface area contributed by atoms with Crippen molar-refractivity contribution in [3.8, 4) is 0 Å². The van der Waals surface area contributed by atoms with Crippen LogP contribution in [0, 0.1) is 0 Å². The first-order valence-corrected chi connectivity index (χ1v) is 3.85. The van der Waals surface area contributed by atoms with E-state index in [1.54, 1.807) is 6.20 Å². The van der Waals surface area contributed by atoms with Crippen molar-refractivity contribution in [2.24, 2.45) is 0 Å². The fourth-order valence-electron chi connectivity index (χ4n) is 0.601. The minimum absolute atomic E-state index is 0.343. The summed E-state index contributed by atoms with van der Waals surface area (Å²) in [4.78, 5) is 14.2. The van der Waals surface area contributed by atoms with Crippen molar-refractivity contribution in [3.05, 3.63) is 24.0 Å². The molecule has 0 amide bonds. The molecule has 1 heterocycles. The van der Waals surface area contributed by atoms with Gasteiger partial charge < -0.3 is 0 Å². The molecule has 0 radical (unpaired) electrons. The Bertz CT molecular complexity index is 262. The average molecular weight is 199 g/mol. The fraction of sp³-hybridized carbons (Fsp3) is 0. The van der Waals surface area contributed by atoms with Gasteiger partial charge in [-0.15, -0.1) is 0 Å². The van der Waals surface area contributed by atoms with Crippen molar-refractivity contribution in [1.29, 1.82) is 0 Å². The first kappa shape index (κ1) is 7.29. The first-order chi connectivity index (χ1) is 4.72. The van der Waals surface area contributed by atoms with Gasteiger partial charge in [-0.3, -0.25) is 0 Å². The molecule has 1 atom stereocenters. The van der Waals surface area contributed by atoms with Crippen LogP contribution < -0.4 is 4.35 Å². The summed E-state index contributed by atoms with van der Waals surface area (Å²) in [6.45, 7) is 0. The second-order valence-corrected chi connectivity index (χ2v) is 3.07. The molecule has 3 nitrogen and oxygen atoms in total. The zero-order valence-electron chi connectivity index (χ0n) is 5.11. The molecule has 52 valence electrons. The van der Waals surface area contributed by atoms with Crippen molar-refractivity contribution in [2.45, 2.75) is 0 Å². The predicted molar refractivity (Wildman–Crippen MR) is 39.4 cm³/mol. The minimum atomic E-state index is -0.887. The maximum atomic E-state index is 10.4. The van der Waals surface area contributed by atoms with E-state index in [1.807, 2.05) is 0 Å². The summed E-state index contributed by atoms with van der Waals surface area (Å²) in [5.74, 6) is -0.887. The van der Waals surface area contributed by atoms with Gasteiger partial charge in [-0.25, -0.2) is 0 Å². The van der Waals surface area contributed by atoms with Gasteiger partial charge >= 0.3 is 66.1 Å². The SMILES string of the molecule is O=C(O)c1ccncc1[AsH2]. The van der Waals surface area contributed by atoms with Gasteiger partial charge in [0, 0.05) is 0 Å². The van der Waals surface area contributed by atoms with E-state index in [-0.39, 0.29) is 0 Å². The Kier molecular flexibility index (Phi) is 2.07. The van der Waals surface area contributed by atoms with E-state index in [2.05, 4.69) is 4.98 Å². The molecular weight excluding hydrogens is 193 g/mol. The van der Waals surface area contributed by atoms with E-state index in [9.17, 15) is 4.79 Å². The van der Waals surface area contributed by atoms with Crippen molar-refractivity contribution in [3.63, 3.8) is 0 Å². The van der Waals surface area contributed by atoms with E-state index in [1.165, 1.54) is 29.1 Å². The standard InChI is InChI=1S/C6H6AsNO2/c7-5-3-8-2-1-4(5)6(9)10/h1-3H,7H2,(H,9,10). The number of aromatic carboxylic acids is 1. The summed E-state index contributed by atoms with van der Waals surface area (Å²) in [6, 6.07) is 1.50. The van der Waals surface area contributed by atoms with Crippen LogP contribution in [0.1, 0.15) is 10.4 Å². The second kappa shape index (κ2) is 2.84. The molecule has 10 heavy (non-hydrogen) atoms. The third-order valence-electron chi connectivity index (χ3n) is 1.08. The van der Waals surface area contributed by atoms with Crippen LogP contribution in [-0.2, 0) is 0 Å². The summed E-state index contributed by atoms with van der Waals surface area (Å²) in [6.07, 6.45) is 3.04. The molecule has 0 saturated carbocycles. The fourth-order valence-corrected chi connectivity index (χ4v) is 1.24. The zero-order valence-corrected chi connectivity index (χ0v) is 7.53. The molecule has 0 aromatic carbocycles. The van der Waals surface area contributed by atoms with Crippen LogP contribution in [0.15, 0.2) is 18.5 Å². The van der Waals surface area contributed by atoms with Crippen LogP contribution in [0.25, 0.3) is 0 Å². The normalized spacial score (nSPS) is 9.30. The maximum absolute atomic E-state index is 10.4. The number of nitrogens with zero attached hydrogens (tertiary/aromatic N) is 1. The third kappa shape index (κ3) is 1.36. The summed E-state index contributed by atoms with van der Waals surface area (Å²) in [7, 11) is 0. The van der Waals surface area contributed by atoms with E-state index < -0.39 is 5.97 Å². The molecule has 1 N–H and O–H groups in total. The van der Waals surface area contributed by atoms with E-state index in [0.29, 0.717) is 5.56 Å². The summed E-state index contributed by atoms with van der Waals surface area (Å²) in [5, 5.41) is 8.55. The molecule has 0 bridgehead atoms. The van der Waals surface area contributed by atoms with Crippen molar-refractivity contribution in [2.75, 3.05) is 0 Å². The number of aromatic nitrogens is 1. The Balaban J connectivity index is 3.15. The Labute approximate surface area is 66.6 Å². The van der Waals surface area contributed by atoms with E-state index in [0.717, 1.165) is 4.35 Å². The van der Waals surface area contributed by atoms with Crippen LogP contribution in [0.4, 0.5) is 0 Å². The summed E-state index contributed by atoms with van der Waals surface area (Å²) in [5.41, 5.74) is 0.343. The van der Waals surface area contributed by atoms with Crippen molar-refractivity contribution >= 4 is 27.2 Å². The molecule has 0 saturated heterocycles. The number of rotatable bonds is 1. The van der Waals surface area contributed by atoms with Gasteiger partial charge in [-0.1, -0.05) is 0 Å². The molecule has 1 rings (SSSR count). The number of hydrogen-bond acceptors (Lipinski definition) is 2. The molecule has 0 fully saturated rings. The van der Waals surface area contributed by atoms with Crippen LogP contribution in [0.2, 0.25) is 0 Å². The molecule has 0 aliphatic rings. The Morgan fingerprint density at radius 2 is 2.40 bits per heavy atom. The Hall–Kier alpha value is -0.822. The number of hydrogen-bond donors (Lipinski definition) is 1. The molecular formula is C6H6AsNO2. The van der Waals surface area contributed by atoms with Crippen LogP contribution >= 0.6 is 0 Å². The molecule has 4 heteroatoms. The molecule has 1 unspecified atom stereocenters. The zero-order chi connectivity index (χ0) is 7.56. The van der Waals surface area contributed by atoms with Crippen LogP contribution in [-0.4, -0.2) is 32.9 Å². The number of carboxylic acid groups (broad SMARTS) is 1. The summed E-state index contributed by atoms with van der Waals surface area (Å²) < 4.78 is 0.752. The van der Waals surface area contributed by atoms with Crippen molar-refractivity contribution in [1.82, 2.24) is 4.98 Å². The average Bonchev–Trinajstić information content (AvgIpc) is 1.88. The molecule has 1 aromatic heterocycles. The van der Waals surface area contributed by atoms with E-state index in [4.69, 9.17) is 5.11 Å².